The minimum atomic E-state index is -0.00931. The molecule has 0 aliphatic heterocycles. The monoisotopic (exact) mass is 213 g/mol. The summed E-state index contributed by atoms with van der Waals surface area (Å²) in [5.41, 5.74) is 7.33. The molecule has 2 N–H and O–H groups in total. The van der Waals surface area contributed by atoms with Crippen molar-refractivity contribution in [2.75, 3.05) is 7.11 Å². The minimum absolute atomic E-state index is 0.00931. The van der Waals surface area contributed by atoms with Crippen molar-refractivity contribution in [2.24, 2.45) is 11.7 Å². The van der Waals surface area contributed by atoms with Gasteiger partial charge in [0.05, 0.1) is 12.1 Å². The van der Waals surface area contributed by atoms with Gasteiger partial charge in [-0.05, 0) is 29.9 Å². The van der Waals surface area contributed by atoms with Crippen LogP contribution in [0.15, 0.2) is 11.4 Å². The molecule has 2 atom stereocenters. The molecule has 0 amide bonds. The zero-order valence-corrected chi connectivity index (χ0v) is 10.1. The summed E-state index contributed by atoms with van der Waals surface area (Å²) in [6.07, 6.45) is 0.101. The molecule has 0 radical (unpaired) electrons. The fourth-order valence-electron chi connectivity index (χ4n) is 1.66. The van der Waals surface area contributed by atoms with Gasteiger partial charge >= 0.3 is 0 Å². The lowest BCUT2D eigenvalue weighted by Crippen LogP contribution is -2.32. The van der Waals surface area contributed by atoms with E-state index < -0.39 is 0 Å². The Morgan fingerprint density at radius 3 is 2.43 bits per heavy atom. The van der Waals surface area contributed by atoms with Crippen LogP contribution >= 0.6 is 11.3 Å². The standard InChI is InChI=1S/C11H19NOS/c1-7(2)11(13-4)10(12)9-5-8(3)14-6-9/h5-7,10-11H,12H2,1-4H3. The van der Waals surface area contributed by atoms with Gasteiger partial charge in [-0.25, -0.2) is 0 Å². The number of methoxy groups -OCH3 is 1. The Labute approximate surface area is 90.1 Å². The second kappa shape index (κ2) is 4.91. The lowest BCUT2D eigenvalue weighted by Gasteiger charge is -2.25. The highest BCUT2D eigenvalue weighted by molar-refractivity contribution is 7.10. The Hall–Kier alpha value is -0.380. The van der Waals surface area contributed by atoms with Crippen LogP contribution in [0.3, 0.4) is 0 Å². The lowest BCUT2D eigenvalue weighted by molar-refractivity contribution is 0.0438. The van der Waals surface area contributed by atoms with Gasteiger partial charge in [-0.2, -0.15) is 0 Å². The first-order valence-electron chi connectivity index (χ1n) is 4.89. The van der Waals surface area contributed by atoms with Crippen LogP contribution in [0.4, 0.5) is 0 Å². The predicted octanol–water partition coefficient (Wildman–Crippen LogP) is 2.73. The van der Waals surface area contributed by atoms with Crippen LogP contribution in [-0.4, -0.2) is 13.2 Å². The first-order chi connectivity index (χ1) is 6.56. The van der Waals surface area contributed by atoms with Crippen LogP contribution in [0.2, 0.25) is 0 Å². The van der Waals surface area contributed by atoms with Gasteiger partial charge in [-0.3, -0.25) is 0 Å². The van der Waals surface area contributed by atoms with Gasteiger partial charge in [-0.1, -0.05) is 13.8 Å². The number of ether oxygens (including phenoxy) is 1. The van der Waals surface area contributed by atoms with Crippen LogP contribution in [0.5, 0.6) is 0 Å². The molecule has 1 aromatic rings. The molecule has 80 valence electrons. The maximum atomic E-state index is 6.15. The molecular weight excluding hydrogens is 194 g/mol. The largest absolute Gasteiger partial charge is 0.379 e. The summed E-state index contributed by atoms with van der Waals surface area (Å²) in [6, 6.07) is 2.13. The van der Waals surface area contributed by atoms with E-state index >= 15 is 0 Å². The Kier molecular flexibility index (Phi) is 4.11. The van der Waals surface area contributed by atoms with Gasteiger partial charge in [0.15, 0.2) is 0 Å². The van der Waals surface area contributed by atoms with Gasteiger partial charge in [0, 0.05) is 12.0 Å². The highest BCUT2D eigenvalue weighted by Gasteiger charge is 2.22. The van der Waals surface area contributed by atoms with Gasteiger partial charge in [0.2, 0.25) is 0 Å². The average molecular weight is 213 g/mol. The van der Waals surface area contributed by atoms with E-state index in [1.165, 1.54) is 10.4 Å². The second-order valence-electron chi connectivity index (χ2n) is 3.96. The Balaban J connectivity index is 2.77. The van der Waals surface area contributed by atoms with Crippen molar-refractivity contribution in [1.29, 1.82) is 0 Å². The van der Waals surface area contributed by atoms with Crippen LogP contribution in [0.25, 0.3) is 0 Å². The molecule has 1 rings (SSSR count). The van der Waals surface area contributed by atoms with Crippen LogP contribution in [-0.2, 0) is 4.74 Å². The van der Waals surface area contributed by atoms with Crippen molar-refractivity contribution >= 4 is 11.3 Å². The summed E-state index contributed by atoms with van der Waals surface area (Å²) in [5.74, 6) is 0.440. The third-order valence-electron chi connectivity index (χ3n) is 2.42. The Bertz CT molecular complexity index is 283. The first-order valence-corrected chi connectivity index (χ1v) is 5.77. The average Bonchev–Trinajstić information content (AvgIpc) is 2.52. The van der Waals surface area contributed by atoms with E-state index in [2.05, 4.69) is 32.2 Å². The maximum absolute atomic E-state index is 6.15. The molecule has 1 heterocycles. The summed E-state index contributed by atoms with van der Waals surface area (Å²) in [5, 5.41) is 2.12. The van der Waals surface area contributed by atoms with Gasteiger partial charge in [-0.15, -0.1) is 11.3 Å². The summed E-state index contributed by atoms with van der Waals surface area (Å²) in [6.45, 7) is 6.36. The number of aryl methyl sites for hydroxylation is 1. The molecule has 0 aliphatic rings. The fourth-order valence-corrected chi connectivity index (χ4v) is 2.41. The molecule has 2 nitrogen and oxygen atoms in total. The molecule has 0 bridgehead atoms. The molecule has 0 aliphatic carbocycles. The number of hydrogen-bond donors (Lipinski definition) is 1. The normalized spacial score (nSPS) is 15.9. The third kappa shape index (κ3) is 2.56. The van der Waals surface area contributed by atoms with E-state index in [1.807, 2.05) is 0 Å². The lowest BCUT2D eigenvalue weighted by atomic mass is 9.96. The van der Waals surface area contributed by atoms with Gasteiger partial charge in [0.1, 0.15) is 0 Å². The van der Waals surface area contributed by atoms with Crippen molar-refractivity contribution in [1.82, 2.24) is 0 Å². The highest BCUT2D eigenvalue weighted by Crippen LogP contribution is 2.25. The van der Waals surface area contributed by atoms with Crippen LogP contribution < -0.4 is 5.73 Å². The summed E-state index contributed by atoms with van der Waals surface area (Å²) in [7, 11) is 1.73. The number of nitrogens with two attached hydrogens (primary N) is 1. The zero-order chi connectivity index (χ0) is 10.7. The molecule has 3 heteroatoms. The fraction of sp³-hybridized carbons (Fsp3) is 0.636. The van der Waals surface area contributed by atoms with Crippen molar-refractivity contribution < 1.29 is 4.74 Å². The highest BCUT2D eigenvalue weighted by atomic mass is 32.1. The summed E-state index contributed by atoms with van der Waals surface area (Å²) >= 11 is 1.74. The summed E-state index contributed by atoms with van der Waals surface area (Å²) in [4.78, 5) is 1.30. The van der Waals surface area contributed by atoms with Crippen molar-refractivity contribution in [3.05, 3.63) is 21.9 Å². The molecule has 0 fully saturated rings. The first kappa shape index (κ1) is 11.7. The zero-order valence-electron chi connectivity index (χ0n) is 9.28. The third-order valence-corrected chi connectivity index (χ3v) is 3.30. The van der Waals surface area contributed by atoms with E-state index in [-0.39, 0.29) is 12.1 Å². The summed E-state index contributed by atoms with van der Waals surface area (Å²) < 4.78 is 5.42. The Morgan fingerprint density at radius 2 is 2.07 bits per heavy atom. The quantitative estimate of drug-likeness (QED) is 0.834. The van der Waals surface area contributed by atoms with Crippen molar-refractivity contribution in [3.63, 3.8) is 0 Å². The minimum Gasteiger partial charge on any atom is -0.379 e. The second-order valence-corrected chi connectivity index (χ2v) is 5.08. The number of thiophene rings is 1. The van der Waals surface area contributed by atoms with E-state index in [4.69, 9.17) is 10.5 Å². The van der Waals surface area contributed by atoms with Crippen LogP contribution in [0, 0.1) is 12.8 Å². The van der Waals surface area contributed by atoms with E-state index in [1.54, 1.807) is 18.4 Å². The van der Waals surface area contributed by atoms with E-state index in [0.29, 0.717) is 5.92 Å². The van der Waals surface area contributed by atoms with E-state index in [9.17, 15) is 0 Å². The van der Waals surface area contributed by atoms with Crippen LogP contribution in [0.1, 0.15) is 30.3 Å². The van der Waals surface area contributed by atoms with Crippen molar-refractivity contribution in [3.8, 4) is 0 Å². The smallest absolute Gasteiger partial charge is 0.0786 e. The van der Waals surface area contributed by atoms with Gasteiger partial charge in [0.25, 0.3) is 0 Å². The topological polar surface area (TPSA) is 35.2 Å². The molecule has 0 saturated carbocycles. The molecular formula is C11H19NOS. The molecule has 2 unspecified atom stereocenters. The number of rotatable bonds is 4. The molecule has 0 aromatic carbocycles. The maximum Gasteiger partial charge on any atom is 0.0786 e. The SMILES string of the molecule is COC(C(C)C)C(N)c1csc(C)c1. The Morgan fingerprint density at radius 1 is 1.43 bits per heavy atom. The van der Waals surface area contributed by atoms with Crippen molar-refractivity contribution in [2.45, 2.75) is 32.9 Å². The molecule has 0 spiro atoms. The van der Waals surface area contributed by atoms with Gasteiger partial charge < -0.3 is 10.5 Å². The van der Waals surface area contributed by atoms with E-state index in [0.717, 1.165) is 0 Å². The predicted molar refractivity (Wildman–Crippen MR) is 61.6 cm³/mol. The molecule has 0 saturated heterocycles. The number of hydrogen-bond acceptors (Lipinski definition) is 3. The molecule has 14 heavy (non-hydrogen) atoms. The molecule has 1 aromatic heterocycles.